The fourth-order valence-electron chi connectivity index (χ4n) is 3.81. The van der Waals surface area contributed by atoms with E-state index in [1.54, 1.807) is 7.11 Å². The molecule has 0 saturated carbocycles. The van der Waals surface area contributed by atoms with E-state index in [0.717, 1.165) is 55.5 Å². The lowest BCUT2D eigenvalue weighted by Gasteiger charge is -2.11. The van der Waals surface area contributed by atoms with E-state index in [-0.39, 0.29) is 0 Å². The third kappa shape index (κ3) is 3.13. The van der Waals surface area contributed by atoms with Crippen molar-refractivity contribution in [2.75, 3.05) is 12.4 Å². The summed E-state index contributed by atoms with van der Waals surface area (Å²) in [6.07, 6.45) is 0. The Morgan fingerprint density at radius 2 is 1.90 bits per heavy atom. The number of aromatic amines is 1. The van der Waals surface area contributed by atoms with E-state index >= 15 is 0 Å². The monoisotopic (exact) mass is 414 g/mol. The zero-order chi connectivity index (χ0) is 20.7. The van der Waals surface area contributed by atoms with Crippen molar-refractivity contribution in [1.82, 2.24) is 9.97 Å². The van der Waals surface area contributed by atoms with Gasteiger partial charge in [-0.2, -0.15) is 0 Å². The van der Waals surface area contributed by atoms with Crippen LogP contribution >= 0.6 is 11.6 Å². The maximum Gasteiger partial charge on any atom is 0.141 e. The molecule has 2 heterocycles. The number of oxime groups is 1. The maximum atomic E-state index is 6.28. The molecule has 0 saturated heterocycles. The second-order valence-corrected chi connectivity index (χ2v) is 7.54. The number of H-pyrrole nitrogens is 1. The summed E-state index contributed by atoms with van der Waals surface area (Å²) in [6, 6.07) is 22.0. The summed E-state index contributed by atoms with van der Waals surface area (Å²) in [7, 11) is 1.55. The molecule has 0 spiro atoms. The van der Waals surface area contributed by atoms with E-state index in [1.165, 1.54) is 0 Å². The number of halogens is 1. The molecule has 0 amide bonds. The van der Waals surface area contributed by atoms with Crippen LogP contribution in [0.5, 0.6) is 0 Å². The summed E-state index contributed by atoms with van der Waals surface area (Å²) in [6.45, 7) is 1.92. The molecule has 0 unspecified atom stereocenters. The van der Waals surface area contributed by atoms with Crippen molar-refractivity contribution in [3.63, 3.8) is 0 Å². The molecule has 0 fully saturated rings. The van der Waals surface area contributed by atoms with Crippen LogP contribution in [0.4, 0.5) is 11.5 Å². The minimum atomic E-state index is 0.686. The normalized spacial score (nSPS) is 12.0. The van der Waals surface area contributed by atoms with E-state index in [0.29, 0.717) is 5.02 Å². The average molecular weight is 415 g/mol. The smallest absolute Gasteiger partial charge is 0.141 e. The van der Waals surface area contributed by atoms with Gasteiger partial charge in [-0.25, -0.2) is 4.98 Å². The number of fused-ring (bicyclic) bond motifs is 5. The van der Waals surface area contributed by atoms with Crippen molar-refractivity contribution < 1.29 is 4.84 Å². The van der Waals surface area contributed by atoms with Crippen molar-refractivity contribution in [2.24, 2.45) is 5.16 Å². The lowest BCUT2D eigenvalue weighted by Crippen LogP contribution is -1.99. The highest BCUT2D eigenvalue weighted by Crippen LogP contribution is 2.37. The van der Waals surface area contributed by atoms with Crippen molar-refractivity contribution in [3.8, 4) is 0 Å². The van der Waals surface area contributed by atoms with E-state index in [2.05, 4.69) is 27.6 Å². The van der Waals surface area contributed by atoms with Gasteiger partial charge in [0, 0.05) is 32.6 Å². The van der Waals surface area contributed by atoms with Gasteiger partial charge < -0.3 is 15.1 Å². The zero-order valence-electron chi connectivity index (χ0n) is 16.5. The van der Waals surface area contributed by atoms with Gasteiger partial charge in [-0.05, 0) is 43.3 Å². The summed E-state index contributed by atoms with van der Waals surface area (Å²) in [5.41, 5.74) is 5.64. The van der Waals surface area contributed by atoms with E-state index in [1.807, 2.05) is 61.5 Å². The van der Waals surface area contributed by atoms with Crippen LogP contribution in [-0.4, -0.2) is 22.8 Å². The summed E-state index contributed by atoms with van der Waals surface area (Å²) >= 11 is 6.28. The van der Waals surface area contributed by atoms with Gasteiger partial charge >= 0.3 is 0 Å². The zero-order valence-corrected chi connectivity index (χ0v) is 17.3. The highest BCUT2D eigenvalue weighted by atomic mass is 35.5. The maximum absolute atomic E-state index is 6.28. The molecule has 2 N–H and O–H groups in total. The van der Waals surface area contributed by atoms with Crippen LogP contribution in [0.2, 0.25) is 5.02 Å². The molecule has 148 valence electrons. The number of rotatable bonds is 4. The summed E-state index contributed by atoms with van der Waals surface area (Å²) < 4.78 is 0. The van der Waals surface area contributed by atoms with Gasteiger partial charge in [0.15, 0.2) is 0 Å². The molecular weight excluding hydrogens is 396 g/mol. The average Bonchev–Trinajstić information content (AvgIpc) is 3.15. The molecule has 5 nitrogen and oxygen atoms in total. The number of nitrogens with one attached hydrogen (secondary N) is 2. The van der Waals surface area contributed by atoms with Crippen LogP contribution < -0.4 is 5.32 Å². The van der Waals surface area contributed by atoms with Gasteiger partial charge in [-0.1, -0.05) is 47.1 Å². The van der Waals surface area contributed by atoms with Crippen LogP contribution in [0.3, 0.4) is 0 Å². The van der Waals surface area contributed by atoms with Crippen molar-refractivity contribution in [3.05, 3.63) is 77.3 Å². The van der Waals surface area contributed by atoms with Crippen LogP contribution in [0.25, 0.3) is 32.7 Å². The Morgan fingerprint density at radius 3 is 2.77 bits per heavy atom. The van der Waals surface area contributed by atoms with Crippen LogP contribution in [0.1, 0.15) is 12.5 Å². The Morgan fingerprint density at radius 1 is 1.03 bits per heavy atom. The molecule has 0 atom stereocenters. The Hall–Kier alpha value is -3.57. The second-order valence-electron chi connectivity index (χ2n) is 7.11. The first-order chi connectivity index (χ1) is 14.6. The Kier molecular flexibility index (Phi) is 4.52. The first-order valence-electron chi connectivity index (χ1n) is 9.59. The molecule has 0 radical (unpaired) electrons. The van der Waals surface area contributed by atoms with Gasteiger partial charge in [0.2, 0.25) is 0 Å². The van der Waals surface area contributed by atoms with Crippen LogP contribution in [0.15, 0.2) is 71.9 Å². The van der Waals surface area contributed by atoms with Gasteiger partial charge in [0.25, 0.3) is 0 Å². The number of aromatic nitrogens is 2. The summed E-state index contributed by atoms with van der Waals surface area (Å²) in [5, 5.41) is 11.4. The number of nitrogens with zero attached hydrogens (tertiary/aromatic N) is 2. The molecular formula is C24H19ClN4O. The van der Waals surface area contributed by atoms with Crippen molar-refractivity contribution in [1.29, 1.82) is 0 Å². The van der Waals surface area contributed by atoms with Crippen LogP contribution in [0, 0.1) is 0 Å². The number of anilines is 2. The largest absolute Gasteiger partial charge is 0.399 e. The van der Waals surface area contributed by atoms with E-state index in [4.69, 9.17) is 21.4 Å². The highest BCUT2D eigenvalue weighted by Gasteiger charge is 2.15. The lowest BCUT2D eigenvalue weighted by molar-refractivity contribution is 0.213. The molecule has 30 heavy (non-hydrogen) atoms. The molecule has 5 rings (SSSR count). The molecule has 3 aromatic carbocycles. The molecule has 0 aliphatic heterocycles. The molecule has 0 bridgehead atoms. The number of pyridine rings is 1. The van der Waals surface area contributed by atoms with Gasteiger partial charge in [0.05, 0.1) is 22.1 Å². The Labute approximate surface area is 178 Å². The topological polar surface area (TPSA) is 62.3 Å². The van der Waals surface area contributed by atoms with Gasteiger partial charge in [0.1, 0.15) is 12.9 Å². The fraction of sp³-hybridized carbons (Fsp3) is 0.0833. The minimum Gasteiger partial charge on any atom is -0.399 e. The summed E-state index contributed by atoms with van der Waals surface area (Å²) in [4.78, 5) is 13.4. The van der Waals surface area contributed by atoms with Gasteiger partial charge in [-0.3, -0.25) is 0 Å². The predicted molar refractivity (Wildman–Crippen MR) is 125 cm³/mol. The minimum absolute atomic E-state index is 0.686. The fourth-order valence-corrected chi connectivity index (χ4v) is 3.98. The van der Waals surface area contributed by atoms with Crippen molar-refractivity contribution >= 4 is 61.5 Å². The quantitative estimate of drug-likeness (QED) is 0.256. The number of para-hydroxylation sites is 1. The lowest BCUT2D eigenvalue weighted by atomic mass is 10.1. The van der Waals surface area contributed by atoms with Gasteiger partial charge in [-0.15, -0.1) is 0 Å². The Bertz CT molecular complexity index is 1440. The van der Waals surface area contributed by atoms with E-state index < -0.39 is 0 Å². The molecule has 0 aliphatic carbocycles. The molecule has 0 aliphatic rings. The first-order valence-corrected chi connectivity index (χ1v) is 9.97. The summed E-state index contributed by atoms with van der Waals surface area (Å²) in [5.74, 6) is 0.788. The Balaban J connectivity index is 1.73. The standard InChI is InChI=1S/C24H19ClN4O/c1-14(29-30-2)15-6-5-7-17(12-15)26-24-22-18-8-3-4-9-20(18)27-23(22)19-13-16(25)10-11-21(19)28-24/h3-13,27H,1-2H3,(H,26,28). The second kappa shape index (κ2) is 7.35. The number of benzene rings is 3. The highest BCUT2D eigenvalue weighted by molar-refractivity contribution is 6.32. The van der Waals surface area contributed by atoms with E-state index in [9.17, 15) is 0 Å². The molecule has 6 heteroatoms. The predicted octanol–water partition coefficient (Wildman–Crippen LogP) is 6.64. The number of hydrogen-bond acceptors (Lipinski definition) is 4. The van der Waals surface area contributed by atoms with Crippen LogP contribution in [-0.2, 0) is 4.84 Å². The third-order valence-electron chi connectivity index (χ3n) is 5.17. The van der Waals surface area contributed by atoms with Crippen molar-refractivity contribution in [2.45, 2.75) is 6.92 Å². The third-order valence-corrected chi connectivity index (χ3v) is 5.41. The molecule has 2 aromatic heterocycles. The SMILES string of the molecule is CON=C(C)c1cccc(Nc2nc3ccc(Cl)cc3c3[nH]c4ccccc4c23)c1. The first kappa shape index (κ1) is 18.5. The number of hydrogen-bond donors (Lipinski definition) is 2. The molecule has 5 aromatic rings.